The molecule has 1 aliphatic rings. The molecule has 1 atom stereocenters. The molecule has 2 nitrogen and oxygen atoms in total. The Morgan fingerprint density at radius 2 is 2.00 bits per heavy atom. The minimum absolute atomic E-state index is 0.222. The van der Waals surface area contributed by atoms with Crippen LogP contribution in [-0.4, -0.2) is 24.3 Å². The number of aryl methyl sites for hydroxylation is 2. The molecule has 1 aromatic rings. The number of benzene rings is 1. The highest BCUT2D eigenvalue weighted by atomic mass is 16.3. The average molecular weight is 247 g/mol. The molecule has 2 rings (SSSR count). The van der Waals surface area contributed by atoms with Gasteiger partial charge in [0.05, 0.1) is 6.61 Å². The number of aliphatic hydroxyl groups excluding tert-OH is 1. The summed E-state index contributed by atoms with van der Waals surface area (Å²) in [4.78, 5) is 0. The second-order valence-corrected chi connectivity index (χ2v) is 5.69. The van der Waals surface area contributed by atoms with Gasteiger partial charge >= 0.3 is 0 Å². The Labute approximate surface area is 110 Å². The van der Waals surface area contributed by atoms with Crippen molar-refractivity contribution in [2.24, 2.45) is 5.92 Å². The second-order valence-electron chi connectivity index (χ2n) is 5.69. The van der Waals surface area contributed by atoms with Gasteiger partial charge in [0.25, 0.3) is 0 Å². The highest BCUT2D eigenvalue weighted by molar-refractivity contribution is 5.35. The Morgan fingerprint density at radius 1 is 1.22 bits per heavy atom. The lowest BCUT2D eigenvalue weighted by Crippen LogP contribution is -2.38. The van der Waals surface area contributed by atoms with Crippen LogP contribution in [-0.2, 0) is 19.3 Å². The Bertz CT molecular complexity index is 387. The van der Waals surface area contributed by atoms with Gasteiger partial charge in [-0.3, -0.25) is 0 Å². The van der Waals surface area contributed by atoms with Crippen molar-refractivity contribution in [2.45, 2.75) is 45.6 Å². The van der Waals surface area contributed by atoms with Crippen LogP contribution in [0.3, 0.4) is 0 Å². The van der Waals surface area contributed by atoms with E-state index in [1.165, 1.54) is 24.8 Å². The molecule has 0 radical (unpaired) electrons. The summed E-state index contributed by atoms with van der Waals surface area (Å²) in [7, 11) is 0. The first-order chi connectivity index (χ1) is 8.70. The monoisotopic (exact) mass is 247 g/mol. The molecule has 2 heteroatoms. The molecule has 0 spiro atoms. The molecule has 1 aliphatic carbocycles. The van der Waals surface area contributed by atoms with Crippen molar-refractivity contribution in [3.05, 3.63) is 34.9 Å². The zero-order valence-corrected chi connectivity index (χ0v) is 11.6. The molecular weight excluding hydrogens is 222 g/mol. The molecule has 0 bridgehead atoms. The average Bonchev–Trinajstić information content (AvgIpc) is 2.81. The molecule has 1 unspecified atom stereocenters. The molecule has 0 saturated carbocycles. The summed E-state index contributed by atoms with van der Waals surface area (Å²) in [5.41, 5.74) is 4.51. The maximum absolute atomic E-state index is 9.26. The Balaban J connectivity index is 1.83. The van der Waals surface area contributed by atoms with Crippen LogP contribution in [0.5, 0.6) is 0 Å². The van der Waals surface area contributed by atoms with Crippen LogP contribution in [0.4, 0.5) is 0 Å². The standard InChI is InChI=1S/C16H25NO/c1-12(2)16(11-18)17-9-8-13-6-7-14-4-3-5-15(14)10-13/h6-7,10,12,16-18H,3-5,8-9,11H2,1-2H3. The molecule has 0 amide bonds. The molecule has 18 heavy (non-hydrogen) atoms. The summed E-state index contributed by atoms with van der Waals surface area (Å²) in [6.45, 7) is 5.45. The zero-order valence-electron chi connectivity index (χ0n) is 11.6. The summed E-state index contributed by atoms with van der Waals surface area (Å²) >= 11 is 0. The first-order valence-corrected chi connectivity index (χ1v) is 7.15. The van der Waals surface area contributed by atoms with Crippen molar-refractivity contribution < 1.29 is 5.11 Å². The van der Waals surface area contributed by atoms with E-state index in [0.29, 0.717) is 5.92 Å². The lowest BCUT2D eigenvalue weighted by molar-refractivity contribution is 0.212. The van der Waals surface area contributed by atoms with Crippen molar-refractivity contribution in [1.29, 1.82) is 0 Å². The van der Waals surface area contributed by atoms with Crippen LogP contribution >= 0.6 is 0 Å². The van der Waals surface area contributed by atoms with Crippen molar-refractivity contribution in [3.8, 4) is 0 Å². The number of aliphatic hydroxyl groups is 1. The smallest absolute Gasteiger partial charge is 0.0587 e. The maximum atomic E-state index is 9.26. The molecule has 0 heterocycles. The van der Waals surface area contributed by atoms with Gasteiger partial charge in [0.15, 0.2) is 0 Å². The van der Waals surface area contributed by atoms with Crippen LogP contribution in [0.25, 0.3) is 0 Å². The van der Waals surface area contributed by atoms with Gasteiger partial charge in [-0.25, -0.2) is 0 Å². The third kappa shape index (κ3) is 3.33. The largest absolute Gasteiger partial charge is 0.395 e. The minimum atomic E-state index is 0.222. The van der Waals surface area contributed by atoms with E-state index in [2.05, 4.69) is 37.4 Å². The predicted molar refractivity (Wildman–Crippen MR) is 75.9 cm³/mol. The number of fused-ring (bicyclic) bond motifs is 1. The lowest BCUT2D eigenvalue weighted by Gasteiger charge is -2.19. The van der Waals surface area contributed by atoms with E-state index in [1.54, 1.807) is 11.1 Å². The summed E-state index contributed by atoms with van der Waals surface area (Å²) in [6, 6.07) is 7.14. The van der Waals surface area contributed by atoms with Gasteiger partial charge in [0, 0.05) is 6.04 Å². The summed E-state index contributed by atoms with van der Waals surface area (Å²) in [5.74, 6) is 0.482. The highest BCUT2D eigenvalue weighted by Crippen LogP contribution is 2.22. The highest BCUT2D eigenvalue weighted by Gasteiger charge is 2.12. The van der Waals surface area contributed by atoms with Gasteiger partial charge in [0.2, 0.25) is 0 Å². The fraction of sp³-hybridized carbons (Fsp3) is 0.625. The Hall–Kier alpha value is -0.860. The maximum Gasteiger partial charge on any atom is 0.0587 e. The summed E-state index contributed by atoms with van der Waals surface area (Å²) in [6.07, 6.45) is 4.88. The molecular formula is C16H25NO. The quantitative estimate of drug-likeness (QED) is 0.808. The van der Waals surface area contributed by atoms with Crippen molar-refractivity contribution >= 4 is 0 Å². The second kappa shape index (κ2) is 6.35. The van der Waals surface area contributed by atoms with Gasteiger partial charge in [-0.15, -0.1) is 0 Å². The minimum Gasteiger partial charge on any atom is -0.395 e. The topological polar surface area (TPSA) is 32.3 Å². The van der Waals surface area contributed by atoms with Gasteiger partial charge < -0.3 is 10.4 Å². The first-order valence-electron chi connectivity index (χ1n) is 7.15. The molecule has 0 saturated heterocycles. The van der Waals surface area contributed by atoms with Gasteiger partial charge in [-0.05, 0) is 54.8 Å². The molecule has 2 N–H and O–H groups in total. The molecule has 100 valence electrons. The van der Waals surface area contributed by atoms with Gasteiger partial charge in [-0.2, -0.15) is 0 Å². The summed E-state index contributed by atoms with van der Waals surface area (Å²) < 4.78 is 0. The number of rotatable bonds is 6. The van der Waals surface area contributed by atoms with E-state index in [1.807, 2.05) is 0 Å². The van der Waals surface area contributed by atoms with Gasteiger partial charge in [-0.1, -0.05) is 32.0 Å². The van der Waals surface area contributed by atoms with E-state index in [4.69, 9.17) is 0 Å². The van der Waals surface area contributed by atoms with Gasteiger partial charge in [0.1, 0.15) is 0 Å². The van der Waals surface area contributed by atoms with E-state index in [0.717, 1.165) is 13.0 Å². The van der Waals surface area contributed by atoms with E-state index >= 15 is 0 Å². The number of hydrogen-bond acceptors (Lipinski definition) is 2. The summed E-state index contributed by atoms with van der Waals surface area (Å²) in [5, 5.41) is 12.7. The molecule has 1 aromatic carbocycles. The molecule has 0 aliphatic heterocycles. The van der Waals surface area contributed by atoms with Crippen LogP contribution in [0.1, 0.15) is 37.0 Å². The number of nitrogens with one attached hydrogen (secondary N) is 1. The first kappa shape index (κ1) is 13.6. The number of hydrogen-bond donors (Lipinski definition) is 2. The van der Waals surface area contributed by atoms with Crippen LogP contribution < -0.4 is 5.32 Å². The third-order valence-electron chi connectivity index (χ3n) is 3.98. The predicted octanol–water partition coefficient (Wildman–Crippen LogP) is 2.32. The van der Waals surface area contributed by atoms with E-state index < -0.39 is 0 Å². The van der Waals surface area contributed by atoms with Crippen molar-refractivity contribution in [3.63, 3.8) is 0 Å². The molecule has 0 aromatic heterocycles. The van der Waals surface area contributed by atoms with Crippen LogP contribution in [0, 0.1) is 5.92 Å². The van der Waals surface area contributed by atoms with Crippen molar-refractivity contribution in [1.82, 2.24) is 5.32 Å². The van der Waals surface area contributed by atoms with E-state index in [9.17, 15) is 5.11 Å². The fourth-order valence-electron chi connectivity index (χ4n) is 2.69. The fourth-order valence-corrected chi connectivity index (χ4v) is 2.69. The molecule has 0 fully saturated rings. The van der Waals surface area contributed by atoms with Crippen LogP contribution in [0.2, 0.25) is 0 Å². The van der Waals surface area contributed by atoms with Crippen molar-refractivity contribution in [2.75, 3.05) is 13.2 Å². The Morgan fingerprint density at radius 3 is 2.72 bits per heavy atom. The Kier molecular flexibility index (Phi) is 4.79. The zero-order chi connectivity index (χ0) is 13.0. The normalized spacial score (nSPS) is 16.0. The third-order valence-corrected chi connectivity index (χ3v) is 3.98. The lowest BCUT2D eigenvalue weighted by atomic mass is 10.0. The van der Waals surface area contributed by atoms with E-state index in [-0.39, 0.29) is 12.6 Å². The van der Waals surface area contributed by atoms with Crippen LogP contribution in [0.15, 0.2) is 18.2 Å². The SMILES string of the molecule is CC(C)C(CO)NCCc1ccc2c(c1)CCC2.